The number of hydrogen-bond acceptors (Lipinski definition) is 4. The molecule has 0 aromatic rings. The van der Waals surface area contributed by atoms with Crippen molar-refractivity contribution in [2.24, 2.45) is 0 Å². The molecule has 4 nitrogen and oxygen atoms in total. The van der Waals surface area contributed by atoms with E-state index in [0.29, 0.717) is 6.42 Å². The molecule has 0 heterocycles. The van der Waals surface area contributed by atoms with Crippen molar-refractivity contribution in [3.8, 4) is 0 Å². The van der Waals surface area contributed by atoms with Crippen LogP contribution in [0.5, 0.6) is 0 Å². The minimum Gasteiger partial charge on any atom is -0.727 e. The molecule has 0 aromatic heterocycles. The van der Waals surface area contributed by atoms with E-state index in [1.807, 2.05) is 0 Å². The Morgan fingerprint density at radius 2 is 1.39 bits per heavy atom. The van der Waals surface area contributed by atoms with Crippen LogP contribution in [-0.4, -0.2) is 13.0 Å². The van der Waals surface area contributed by atoms with E-state index >= 15 is 0 Å². The largest absolute Gasteiger partial charge is 1.00 e. The molecule has 0 fully saturated rings. The molecule has 0 aliphatic carbocycles. The monoisotopic (exact) mass is 296 g/mol. The van der Waals surface area contributed by atoms with Gasteiger partial charge in [-0.3, -0.25) is 0 Å². The maximum atomic E-state index is 10.1. The van der Waals surface area contributed by atoms with Crippen molar-refractivity contribution in [3.63, 3.8) is 0 Å². The normalized spacial score (nSPS) is 10.6. The van der Waals surface area contributed by atoms with Crippen LogP contribution in [0.4, 0.5) is 0 Å². The van der Waals surface area contributed by atoms with Crippen molar-refractivity contribution < 1.29 is 76.3 Å². The van der Waals surface area contributed by atoms with Crippen LogP contribution in [0.25, 0.3) is 0 Å². The Morgan fingerprint density at radius 3 is 1.83 bits per heavy atom. The summed E-state index contributed by atoms with van der Waals surface area (Å²) in [5.74, 6) is 0. The molecule has 0 spiro atoms. The first-order chi connectivity index (χ1) is 7.56. The molecular weight excluding hydrogens is 274 g/mol. The molecule has 0 radical (unpaired) electrons. The van der Waals surface area contributed by atoms with Crippen molar-refractivity contribution in [2.45, 2.75) is 64.7 Å². The van der Waals surface area contributed by atoms with Gasteiger partial charge in [0.25, 0.3) is 0 Å². The molecular formula is C11H22Na2O4S. The van der Waals surface area contributed by atoms with E-state index in [9.17, 15) is 13.0 Å². The molecule has 7 heteroatoms. The second-order valence-corrected chi connectivity index (χ2v) is 4.94. The standard InChI is InChI=1S/C11H23O4S.2Na/c1-2-3-4-5-6-7-8-9-10-11-15-16(12,13)14;;/h11H,2-10H2,1H3,(H,12,13,14);;/q-1;2*+1/p-1. The van der Waals surface area contributed by atoms with E-state index in [4.69, 9.17) is 0 Å². The Kier molecular flexibility index (Phi) is 23.4. The van der Waals surface area contributed by atoms with Crippen LogP contribution in [0.1, 0.15) is 64.7 Å². The molecule has 0 N–H and O–H groups in total. The molecule has 0 saturated carbocycles. The van der Waals surface area contributed by atoms with E-state index in [1.165, 1.54) is 38.5 Å². The number of unbranched alkanes of at least 4 members (excludes halogenated alkanes) is 8. The van der Waals surface area contributed by atoms with Gasteiger partial charge in [-0.05, 0) is 0 Å². The predicted octanol–water partition coefficient (Wildman–Crippen LogP) is -2.84. The third kappa shape index (κ3) is 23.0. The minimum atomic E-state index is -4.54. The quantitative estimate of drug-likeness (QED) is 0.135. The molecule has 18 heavy (non-hydrogen) atoms. The molecule has 0 unspecified atom stereocenters. The third-order valence-electron chi connectivity index (χ3n) is 2.36. The molecule has 0 amide bonds. The first-order valence-electron chi connectivity index (χ1n) is 6.02. The molecule has 0 aliphatic heterocycles. The first-order valence-corrected chi connectivity index (χ1v) is 7.35. The van der Waals surface area contributed by atoms with Gasteiger partial charge in [-0.15, -0.1) is 0 Å². The van der Waals surface area contributed by atoms with Crippen molar-refractivity contribution in [3.05, 3.63) is 6.61 Å². The van der Waals surface area contributed by atoms with Gasteiger partial charge in [0.2, 0.25) is 0 Å². The van der Waals surface area contributed by atoms with E-state index < -0.39 is 10.4 Å². The summed E-state index contributed by atoms with van der Waals surface area (Å²) < 4.78 is 34.2. The molecule has 0 bridgehead atoms. The Morgan fingerprint density at radius 1 is 0.944 bits per heavy atom. The van der Waals surface area contributed by atoms with Crippen molar-refractivity contribution in [1.82, 2.24) is 0 Å². The average molecular weight is 296 g/mol. The van der Waals surface area contributed by atoms with E-state index in [0.717, 1.165) is 19.4 Å². The summed E-state index contributed by atoms with van der Waals surface area (Å²) in [7, 11) is -4.54. The van der Waals surface area contributed by atoms with Crippen LogP contribution < -0.4 is 59.1 Å². The first kappa shape index (κ1) is 24.9. The van der Waals surface area contributed by atoms with Gasteiger partial charge >= 0.3 is 59.1 Å². The topological polar surface area (TPSA) is 66.4 Å². The summed E-state index contributed by atoms with van der Waals surface area (Å²) in [5, 5.41) is 0. The fraction of sp³-hybridized carbons (Fsp3) is 0.909. The summed E-state index contributed by atoms with van der Waals surface area (Å²) >= 11 is 0. The zero-order valence-corrected chi connectivity index (χ0v) is 16.8. The summed E-state index contributed by atoms with van der Waals surface area (Å²) in [4.78, 5) is 0. The fourth-order valence-electron chi connectivity index (χ4n) is 1.49. The average Bonchev–Trinajstić information content (AvgIpc) is 2.19. The second kappa shape index (κ2) is 16.9. The van der Waals surface area contributed by atoms with Crippen LogP contribution in [-0.2, 0) is 14.6 Å². The molecule has 0 atom stereocenters. The second-order valence-electron chi connectivity index (χ2n) is 3.93. The van der Waals surface area contributed by atoms with Gasteiger partial charge in [-0.25, -0.2) is 8.42 Å². The van der Waals surface area contributed by atoms with E-state index in [1.54, 1.807) is 0 Å². The summed E-state index contributed by atoms with van der Waals surface area (Å²) in [6.07, 6.45) is 10.0. The van der Waals surface area contributed by atoms with Gasteiger partial charge in [-0.1, -0.05) is 58.3 Å². The predicted molar refractivity (Wildman–Crippen MR) is 62.3 cm³/mol. The summed E-state index contributed by atoms with van der Waals surface area (Å²) in [6, 6.07) is 0. The van der Waals surface area contributed by atoms with Gasteiger partial charge in [-0.2, -0.15) is 13.0 Å². The number of hydrogen-bond donors (Lipinski definition) is 0. The Labute approximate surface area is 156 Å². The molecule has 0 rings (SSSR count). The number of rotatable bonds is 11. The van der Waals surface area contributed by atoms with Gasteiger partial charge in [0.15, 0.2) is 10.4 Å². The molecule has 98 valence electrons. The molecule has 0 aromatic carbocycles. The minimum absolute atomic E-state index is 0. The third-order valence-corrected chi connectivity index (χ3v) is 2.73. The van der Waals surface area contributed by atoms with E-state index in [-0.39, 0.29) is 59.1 Å². The van der Waals surface area contributed by atoms with Crippen molar-refractivity contribution in [2.75, 3.05) is 0 Å². The van der Waals surface area contributed by atoms with Gasteiger partial charge in [0.05, 0.1) is 0 Å². The zero-order chi connectivity index (χ0) is 12.3. The summed E-state index contributed by atoms with van der Waals surface area (Å²) in [5.41, 5.74) is 0. The van der Waals surface area contributed by atoms with Crippen molar-refractivity contribution >= 4 is 10.4 Å². The smallest absolute Gasteiger partial charge is 0.727 e. The Hall–Kier alpha value is 1.87. The van der Waals surface area contributed by atoms with Gasteiger partial charge < -0.3 is 8.74 Å². The Balaban J connectivity index is -0.00000112. The van der Waals surface area contributed by atoms with Crippen molar-refractivity contribution in [1.29, 1.82) is 0 Å². The molecule has 0 saturated heterocycles. The Bertz CT molecular complexity index is 245. The van der Waals surface area contributed by atoms with Crippen LogP contribution in [0, 0.1) is 6.61 Å². The fourth-order valence-corrected chi connectivity index (χ4v) is 1.76. The van der Waals surface area contributed by atoms with E-state index in [2.05, 4.69) is 11.1 Å². The zero-order valence-electron chi connectivity index (χ0n) is 12.0. The van der Waals surface area contributed by atoms with Crippen LogP contribution in [0.3, 0.4) is 0 Å². The van der Waals surface area contributed by atoms with Crippen LogP contribution in [0.15, 0.2) is 0 Å². The molecule has 0 aliphatic rings. The maximum absolute atomic E-state index is 10.1. The SMILES string of the molecule is CCCCCCCCCC[CH-]OS(=O)(=O)[O-].[Na+].[Na+]. The van der Waals surface area contributed by atoms with Gasteiger partial charge in [0.1, 0.15) is 0 Å². The van der Waals surface area contributed by atoms with Crippen LogP contribution in [0.2, 0.25) is 0 Å². The maximum Gasteiger partial charge on any atom is 1.00 e. The summed E-state index contributed by atoms with van der Waals surface area (Å²) in [6.45, 7) is 3.28. The van der Waals surface area contributed by atoms with Gasteiger partial charge in [0, 0.05) is 0 Å². The van der Waals surface area contributed by atoms with Crippen LogP contribution >= 0.6 is 0 Å².